The lowest BCUT2D eigenvalue weighted by Crippen LogP contribution is -2.34. The molecule has 1 amide bonds. The predicted molar refractivity (Wildman–Crippen MR) is 101 cm³/mol. The van der Waals surface area contributed by atoms with Gasteiger partial charge in [0, 0.05) is 17.3 Å². The van der Waals surface area contributed by atoms with Crippen LogP contribution in [0, 0.1) is 0 Å². The molecular weight excluding hydrogens is 360 g/mol. The molecule has 0 unspecified atom stereocenters. The second-order valence-corrected chi connectivity index (χ2v) is 8.48. The highest BCUT2D eigenvalue weighted by Gasteiger charge is 2.24. The lowest BCUT2D eigenvalue weighted by Gasteiger charge is -2.29. The Hall–Kier alpha value is -2.05. The Kier molecular flexibility index (Phi) is 5.01. The summed E-state index contributed by atoms with van der Waals surface area (Å²) < 4.78 is 25.4. The van der Waals surface area contributed by atoms with E-state index >= 15 is 0 Å². The maximum absolute atomic E-state index is 12.2. The number of aryl methyl sites for hydroxylation is 1. The Morgan fingerprint density at radius 2 is 1.92 bits per heavy atom. The number of carbonyl (C=O) groups is 1. The second-order valence-electron chi connectivity index (χ2n) is 6.13. The van der Waals surface area contributed by atoms with Crippen LogP contribution < -0.4 is 9.62 Å². The van der Waals surface area contributed by atoms with Crippen LogP contribution in [0.25, 0.3) is 0 Å². The van der Waals surface area contributed by atoms with E-state index in [-0.39, 0.29) is 12.3 Å². The number of sulfonamides is 1. The molecule has 1 aliphatic rings. The third-order valence-corrected chi connectivity index (χ3v) is 5.56. The summed E-state index contributed by atoms with van der Waals surface area (Å²) in [6.07, 6.45) is 3.06. The van der Waals surface area contributed by atoms with Crippen LogP contribution >= 0.6 is 11.6 Å². The molecule has 0 atom stereocenters. The Labute approximate surface area is 152 Å². The van der Waals surface area contributed by atoms with Crippen molar-refractivity contribution >= 4 is 38.9 Å². The number of nitrogens with one attached hydrogen (secondary N) is 1. The molecule has 1 heterocycles. The van der Waals surface area contributed by atoms with Crippen LogP contribution in [0.5, 0.6) is 0 Å². The third kappa shape index (κ3) is 4.32. The number of anilines is 2. The molecule has 5 nitrogen and oxygen atoms in total. The van der Waals surface area contributed by atoms with Gasteiger partial charge in [-0.3, -0.25) is 9.10 Å². The van der Waals surface area contributed by atoms with Crippen molar-refractivity contribution in [2.75, 3.05) is 22.4 Å². The summed E-state index contributed by atoms with van der Waals surface area (Å²) in [7, 11) is -3.33. The fraction of sp³-hybridized carbons (Fsp3) is 0.278. The van der Waals surface area contributed by atoms with Crippen molar-refractivity contribution in [3.8, 4) is 0 Å². The monoisotopic (exact) mass is 378 g/mol. The topological polar surface area (TPSA) is 66.5 Å². The summed E-state index contributed by atoms with van der Waals surface area (Å²) in [6.45, 7) is 0.466. The number of halogens is 1. The Balaban J connectivity index is 1.77. The van der Waals surface area contributed by atoms with Crippen LogP contribution in [0.4, 0.5) is 11.4 Å². The average molecular weight is 379 g/mol. The highest BCUT2D eigenvalue weighted by atomic mass is 35.5. The quantitative estimate of drug-likeness (QED) is 0.888. The molecule has 3 rings (SSSR count). The van der Waals surface area contributed by atoms with Gasteiger partial charge in [-0.25, -0.2) is 8.42 Å². The Morgan fingerprint density at radius 3 is 2.60 bits per heavy atom. The van der Waals surface area contributed by atoms with Crippen molar-refractivity contribution in [1.29, 1.82) is 0 Å². The van der Waals surface area contributed by atoms with E-state index in [1.807, 2.05) is 12.1 Å². The van der Waals surface area contributed by atoms with Crippen LogP contribution in [0.1, 0.15) is 17.5 Å². The molecule has 1 aliphatic heterocycles. The molecule has 2 aromatic rings. The summed E-state index contributed by atoms with van der Waals surface area (Å²) >= 11 is 5.84. The van der Waals surface area contributed by atoms with Crippen molar-refractivity contribution in [3.63, 3.8) is 0 Å². The van der Waals surface area contributed by atoms with Gasteiger partial charge in [-0.2, -0.15) is 0 Å². The molecule has 0 aliphatic carbocycles. The maximum atomic E-state index is 12.2. The number of hydrogen-bond donors (Lipinski definition) is 1. The minimum atomic E-state index is -3.33. The molecule has 25 heavy (non-hydrogen) atoms. The molecule has 1 N–H and O–H groups in total. The summed E-state index contributed by atoms with van der Waals surface area (Å²) in [5.41, 5.74) is 3.08. The molecule has 0 bridgehead atoms. The lowest BCUT2D eigenvalue weighted by molar-refractivity contribution is -0.115. The first kappa shape index (κ1) is 17.8. The number of nitrogens with zero attached hydrogens (tertiary/aromatic N) is 1. The van der Waals surface area contributed by atoms with Gasteiger partial charge in [-0.15, -0.1) is 0 Å². The SMILES string of the molecule is CS(=O)(=O)N1CCCc2ccc(NC(=O)Cc3ccc(Cl)cc3)cc21. The molecule has 0 aromatic heterocycles. The van der Waals surface area contributed by atoms with Crippen LogP contribution in [0.3, 0.4) is 0 Å². The lowest BCUT2D eigenvalue weighted by atomic mass is 10.0. The Morgan fingerprint density at radius 1 is 1.20 bits per heavy atom. The first-order chi connectivity index (χ1) is 11.8. The highest BCUT2D eigenvalue weighted by Crippen LogP contribution is 2.31. The van der Waals surface area contributed by atoms with Gasteiger partial charge >= 0.3 is 0 Å². The average Bonchev–Trinajstić information content (AvgIpc) is 2.55. The second kappa shape index (κ2) is 7.06. The van der Waals surface area contributed by atoms with Crippen molar-refractivity contribution in [1.82, 2.24) is 0 Å². The zero-order valence-electron chi connectivity index (χ0n) is 13.8. The maximum Gasteiger partial charge on any atom is 0.232 e. The summed E-state index contributed by atoms with van der Waals surface area (Å²) in [5.74, 6) is -0.163. The van der Waals surface area contributed by atoms with Gasteiger partial charge in [0.1, 0.15) is 0 Å². The summed E-state index contributed by atoms with van der Waals surface area (Å²) in [5, 5.41) is 3.46. The van der Waals surface area contributed by atoms with Gasteiger partial charge in [0.15, 0.2) is 0 Å². The molecule has 0 saturated heterocycles. The number of hydrogen-bond acceptors (Lipinski definition) is 3. The predicted octanol–water partition coefficient (Wildman–Crippen LogP) is 3.23. The van der Waals surface area contributed by atoms with Crippen molar-refractivity contribution in [2.24, 2.45) is 0 Å². The van der Waals surface area contributed by atoms with E-state index in [9.17, 15) is 13.2 Å². The van der Waals surface area contributed by atoms with Gasteiger partial charge in [-0.05, 0) is 48.2 Å². The van der Waals surface area contributed by atoms with Gasteiger partial charge in [0.05, 0.1) is 18.4 Å². The number of carbonyl (C=O) groups excluding carboxylic acids is 1. The molecule has 132 valence electrons. The van der Waals surface area contributed by atoms with E-state index < -0.39 is 10.0 Å². The molecular formula is C18H19ClN2O3S. The smallest absolute Gasteiger partial charge is 0.232 e. The largest absolute Gasteiger partial charge is 0.326 e. The van der Waals surface area contributed by atoms with Crippen LogP contribution in [-0.2, 0) is 27.7 Å². The van der Waals surface area contributed by atoms with E-state index in [1.165, 1.54) is 10.6 Å². The van der Waals surface area contributed by atoms with Gasteiger partial charge in [0.2, 0.25) is 15.9 Å². The first-order valence-corrected chi connectivity index (χ1v) is 10.2. The fourth-order valence-corrected chi connectivity index (χ4v) is 4.07. The normalized spacial score (nSPS) is 14.1. The van der Waals surface area contributed by atoms with E-state index in [0.717, 1.165) is 24.0 Å². The third-order valence-electron chi connectivity index (χ3n) is 4.12. The first-order valence-electron chi connectivity index (χ1n) is 7.98. The van der Waals surface area contributed by atoms with E-state index in [4.69, 9.17) is 11.6 Å². The number of benzene rings is 2. The van der Waals surface area contributed by atoms with E-state index in [1.54, 1.807) is 30.3 Å². The number of rotatable bonds is 4. The summed E-state index contributed by atoms with van der Waals surface area (Å²) in [6, 6.07) is 12.5. The van der Waals surface area contributed by atoms with E-state index in [0.29, 0.717) is 22.9 Å². The molecule has 0 saturated carbocycles. The van der Waals surface area contributed by atoms with Crippen LogP contribution in [0.15, 0.2) is 42.5 Å². The van der Waals surface area contributed by atoms with Crippen LogP contribution in [0.2, 0.25) is 5.02 Å². The number of fused-ring (bicyclic) bond motifs is 1. The van der Waals surface area contributed by atoms with Crippen molar-refractivity contribution < 1.29 is 13.2 Å². The molecule has 0 spiro atoms. The zero-order valence-corrected chi connectivity index (χ0v) is 15.4. The van der Waals surface area contributed by atoms with Gasteiger partial charge in [-0.1, -0.05) is 29.8 Å². The summed E-state index contributed by atoms with van der Waals surface area (Å²) in [4.78, 5) is 12.2. The van der Waals surface area contributed by atoms with Gasteiger partial charge in [0.25, 0.3) is 0 Å². The number of amides is 1. The van der Waals surface area contributed by atoms with E-state index in [2.05, 4.69) is 5.32 Å². The molecule has 7 heteroatoms. The highest BCUT2D eigenvalue weighted by molar-refractivity contribution is 7.92. The standard InChI is InChI=1S/C18H19ClN2O3S/c1-25(23,24)21-10-2-3-14-6-9-16(12-17(14)21)20-18(22)11-13-4-7-15(19)8-5-13/h4-9,12H,2-3,10-11H2,1H3,(H,20,22). The molecule has 2 aromatic carbocycles. The van der Waals surface area contributed by atoms with Crippen molar-refractivity contribution in [2.45, 2.75) is 19.3 Å². The molecule has 0 fully saturated rings. The van der Waals surface area contributed by atoms with Crippen LogP contribution in [-0.4, -0.2) is 27.1 Å². The van der Waals surface area contributed by atoms with Gasteiger partial charge < -0.3 is 5.32 Å². The minimum Gasteiger partial charge on any atom is -0.326 e. The zero-order chi connectivity index (χ0) is 18.0. The van der Waals surface area contributed by atoms with Crippen molar-refractivity contribution in [3.05, 3.63) is 58.6 Å². The minimum absolute atomic E-state index is 0.163. The fourth-order valence-electron chi connectivity index (χ4n) is 2.96. The molecule has 0 radical (unpaired) electrons. The Bertz CT molecular complexity index is 895.